The van der Waals surface area contributed by atoms with Crippen molar-refractivity contribution < 1.29 is 49.4 Å². The molecule has 6 N–H and O–H groups in total. The molecule has 10 nitrogen and oxygen atoms in total. The van der Waals surface area contributed by atoms with Crippen LogP contribution in [0.2, 0.25) is 18.1 Å². The van der Waals surface area contributed by atoms with Crippen LogP contribution in [0.25, 0.3) is 0 Å². The fraction of sp³-hybridized carbons (Fsp3) is 0.697. The van der Waals surface area contributed by atoms with Crippen LogP contribution in [-0.4, -0.2) is 99.0 Å². The minimum atomic E-state index is -2.51. The lowest BCUT2D eigenvalue weighted by Crippen LogP contribution is -2.78. The molecule has 0 aromatic heterocycles. The predicted molar refractivity (Wildman–Crippen MR) is 165 cm³/mol. The van der Waals surface area contributed by atoms with Gasteiger partial charge in [-0.1, -0.05) is 52.8 Å². The molecule has 4 rings (SSSR count). The average molecular weight is 635 g/mol. The van der Waals surface area contributed by atoms with E-state index in [1.54, 1.807) is 39.0 Å². The second kappa shape index (κ2) is 12.0. The molecule has 2 bridgehead atoms. The van der Waals surface area contributed by atoms with Gasteiger partial charge in [0.15, 0.2) is 14.1 Å². The topological polar surface area (TPSA) is 174 Å². The Bertz CT molecular complexity index is 1270. The second-order valence-electron chi connectivity index (χ2n) is 13.8. The van der Waals surface area contributed by atoms with Gasteiger partial charge in [0.25, 0.3) is 0 Å². The third-order valence-corrected chi connectivity index (χ3v) is 16.4. The first-order chi connectivity index (χ1) is 20.5. The van der Waals surface area contributed by atoms with Crippen molar-refractivity contribution in [3.63, 3.8) is 0 Å². The summed E-state index contributed by atoms with van der Waals surface area (Å²) in [5.41, 5.74) is -7.43. The van der Waals surface area contributed by atoms with E-state index in [9.17, 15) is 40.2 Å². The van der Waals surface area contributed by atoms with E-state index in [1.807, 2.05) is 20.8 Å². The number of ketones is 1. The van der Waals surface area contributed by atoms with Crippen LogP contribution in [-0.2, 0) is 14.0 Å². The van der Waals surface area contributed by atoms with Crippen LogP contribution in [0.3, 0.4) is 0 Å². The van der Waals surface area contributed by atoms with E-state index in [4.69, 9.17) is 9.16 Å². The van der Waals surface area contributed by atoms with E-state index in [1.165, 1.54) is 19.1 Å². The molecule has 3 aliphatic carbocycles. The van der Waals surface area contributed by atoms with Gasteiger partial charge in [-0.2, -0.15) is 0 Å². The van der Waals surface area contributed by atoms with Gasteiger partial charge in [0, 0.05) is 24.2 Å². The molecule has 2 saturated carbocycles. The van der Waals surface area contributed by atoms with Crippen molar-refractivity contribution in [1.82, 2.24) is 0 Å². The highest BCUT2D eigenvalue weighted by molar-refractivity contribution is 6.73. The number of esters is 1. The number of carbonyl (C=O) groups is 2. The molecule has 0 spiro atoms. The first-order valence-electron chi connectivity index (χ1n) is 15.7. The summed E-state index contributed by atoms with van der Waals surface area (Å²) in [6, 6.07) is 10.1. The Kier molecular flexibility index (Phi) is 9.52. The minimum absolute atomic E-state index is 0.103. The van der Waals surface area contributed by atoms with Crippen molar-refractivity contribution >= 4 is 20.1 Å². The van der Waals surface area contributed by atoms with Crippen LogP contribution in [0, 0.1) is 16.7 Å². The number of Topliss-reactive ketones (excluding diaryl/α,β-unsaturated/α-hetero) is 1. The van der Waals surface area contributed by atoms with Gasteiger partial charge in [-0.3, -0.25) is 4.79 Å². The van der Waals surface area contributed by atoms with Crippen LogP contribution in [0.5, 0.6) is 0 Å². The summed E-state index contributed by atoms with van der Waals surface area (Å²) in [4.78, 5) is 28.6. The Morgan fingerprint density at radius 3 is 2.09 bits per heavy atom. The normalized spacial score (nSPS) is 38.9. The highest BCUT2D eigenvalue weighted by Crippen LogP contribution is 2.62. The molecule has 0 amide bonds. The Labute approximate surface area is 260 Å². The summed E-state index contributed by atoms with van der Waals surface area (Å²) in [6.07, 6.45) is -8.20. The van der Waals surface area contributed by atoms with Crippen LogP contribution in [0.15, 0.2) is 41.5 Å². The quantitative estimate of drug-likeness (QED) is 0.142. The molecule has 1 aromatic rings. The fourth-order valence-corrected chi connectivity index (χ4v) is 11.3. The highest BCUT2D eigenvalue weighted by Gasteiger charge is 2.74. The van der Waals surface area contributed by atoms with Gasteiger partial charge >= 0.3 is 5.97 Å². The van der Waals surface area contributed by atoms with Gasteiger partial charge in [0.1, 0.15) is 23.4 Å². The van der Waals surface area contributed by atoms with Crippen molar-refractivity contribution in [1.29, 1.82) is 0 Å². The molecular weight excluding hydrogens is 584 g/mol. The molecule has 0 aliphatic heterocycles. The van der Waals surface area contributed by atoms with E-state index in [0.717, 1.165) is 0 Å². The summed E-state index contributed by atoms with van der Waals surface area (Å²) in [6.45, 7) is 11.3. The van der Waals surface area contributed by atoms with E-state index in [0.29, 0.717) is 23.7 Å². The lowest BCUT2D eigenvalue weighted by Gasteiger charge is -2.64. The average Bonchev–Trinajstić information content (AvgIpc) is 3.00. The molecule has 3 aliphatic rings. The summed E-state index contributed by atoms with van der Waals surface area (Å²) < 4.78 is 13.0. The molecule has 1 aromatic carbocycles. The summed E-state index contributed by atoms with van der Waals surface area (Å²) >= 11 is 0. The zero-order valence-corrected chi connectivity index (χ0v) is 27.9. The van der Waals surface area contributed by atoms with Gasteiger partial charge in [0.2, 0.25) is 0 Å². The maximum atomic E-state index is 14.8. The van der Waals surface area contributed by atoms with E-state index < -0.39 is 85.1 Å². The van der Waals surface area contributed by atoms with Crippen LogP contribution in [0.4, 0.5) is 0 Å². The first-order valence-corrected chi connectivity index (χ1v) is 18.3. The van der Waals surface area contributed by atoms with E-state index in [-0.39, 0.29) is 24.0 Å². The third kappa shape index (κ3) is 4.95. The van der Waals surface area contributed by atoms with Crippen molar-refractivity contribution in [3.05, 3.63) is 47.0 Å². The molecule has 246 valence electrons. The number of rotatable bonds is 8. The maximum Gasteiger partial charge on any atom is 0.338 e. The van der Waals surface area contributed by atoms with Gasteiger partial charge < -0.3 is 39.8 Å². The molecule has 0 saturated heterocycles. The lowest BCUT2D eigenvalue weighted by atomic mass is 9.45. The number of hydrogen-bond acceptors (Lipinski definition) is 10. The van der Waals surface area contributed by atoms with Crippen molar-refractivity contribution in [3.8, 4) is 0 Å². The van der Waals surface area contributed by atoms with Gasteiger partial charge in [0.05, 0.1) is 35.9 Å². The number of carbonyl (C=O) groups excluding carboxylic acids is 2. The zero-order valence-electron chi connectivity index (χ0n) is 26.9. The first kappa shape index (κ1) is 34.9. The number of fused-ring (bicyclic) bond motifs is 3. The monoisotopic (exact) mass is 634 g/mol. The molecule has 11 heteroatoms. The Balaban J connectivity index is 2.08. The van der Waals surface area contributed by atoms with Crippen LogP contribution in [0.1, 0.15) is 71.7 Å². The third-order valence-electron chi connectivity index (χ3n) is 11.7. The number of aliphatic hydroxyl groups excluding tert-OH is 4. The summed E-state index contributed by atoms with van der Waals surface area (Å²) in [5.74, 6) is -3.29. The number of hydrogen-bond donors (Lipinski definition) is 6. The zero-order chi connectivity index (χ0) is 33.0. The van der Waals surface area contributed by atoms with Gasteiger partial charge in [-0.05, 0) is 55.3 Å². The second-order valence-corrected chi connectivity index (χ2v) is 18.6. The molecule has 9 atom stereocenters. The van der Waals surface area contributed by atoms with Crippen molar-refractivity contribution in [2.24, 2.45) is 16.7 Å². The van der Waals surface area contributed by atoms with E-state index >= 15 is 0 Å². The smallest absolute Gasteiger partial charge is 0.338 e. The molecule has 3 unspecified atom stereocenters. The van der Waals surface area contributed by atoms with Crippen molar-refractivity contribution in [2.45, 2.75) is 121 Å². The Hall–Kier alpha value is -1.96. The van der Waals surface area contributed by atoms with Gasteiger partial charge in [-0.25, -0.2) is 4.79 Å². The minimum Gasteiger partial charge on any atom is -0.455 e. The number of benzene rings is 1. The largest absolute Gasteiger partial charge is 0.455 e. The molecule has 44 heavy (non-hydrogen) atoms. The highest BCUT2D eigenvalue weighted by atomic mass is 28.4. The molecule has 0 radical (unpaired) electrons. The molecule has 0 heterocycles. The Morgan fingerprint density at radius 2 is 1.57 bits per heavy atom. The molecular formula is C33H50O10Si. The predicted octanol–water partition coefficient (Wildman–Crippen LogP) is 2.49. The SMILES string of the molecule is CC[Si](CC)(CC)OC1C[C@H](O)[C@@](O)(CO)C2C(OC(=O)c3ccccc3)[C@]3(O)C[C@H](O)C(C)=C([C@@H](O)C(=O)[C@]12C)C3(C)C. The summed E-state index contributed by atoms with van der Waals surface area (Å²) in [7, 11) is -2.51. The summed E-state index contributed by atoms with van der Waals surface area (Å²) in [5, 5.41) is 70.4. The van der Waals surface area contributed by atoms with E-state index in [2.05, 4.69) is 0 Å². The van der Waals surface area contributed by atoms with Gasteiger partial charge in [-0.15, -0.1) is 0 Å². The fourth-order valence-electron chi connectivity index (χ4n) is 8.41. The molecule has 2 fully saturated rings. The van der Waals surface area contributed by atoms with Crippen LogP contribution >= 0.6 is 0 Å². The number of aliphatic hydroxyl groups is 6. The lowest BCUT2D eigenvalue weighted by molar-refractivity contribution is -0.283. The Morgan fingerprint density at radius 1 is 1.00 bits per heavy atom. The van der Waals surface area contributed by atoms with Crippen molar-refractivity contribution in [2.75, 3.05) is 6.61 Å². The standard InChI is InChI=1S/C33H50O10Si/c1-8-44(9-2,10-3)43-23-16-22(36)32(40,18-34)26-28(42-29(39)20-14-12-11-13-15-20)33(41)17-21(35)19(4)24(30(33,5)6)25(37)27(38)31(23,26)7/h11-15,21-23,25-26,28,34-37,40-41H,8-10,16-18H2,1-7H3/t21-,22-,23?,25+,26?,28?,31+,32-,33+/m0/s1. The maximum absolute atomic E-state index is 14.8. The number of ether oxygens (including phenoxy) is 1. The van der Waals surface area contributed by atoms with Crippen LogP contribution < -0.4 is 0 Å².